The second kappa shape index (κ2) is 8.53. The van der Waals surface area contributed by atoms with E-state index in [2.05, 4.69) is 10.6 Å². The van der Waals surface area contributed by atoms with Gasteiger partial charge in [0.25, 0.3) is 10.0 Å². The fourth-order valence-corrected chi connectivity index (χ4v) is 5.42. The molecule has 34 heavy (non-hydrogen) atoms. The van der Waals surface area contributed by atoms with E-state index in [1.165, 1.54) is 19.2 Å². The number of carbonyl (C=O) groups is 2. The molecule has 178 valence electrons. The van der Waals surface area contributed by atoms with Gasteiger partial charge in [0.15, 0.2) is 0 Å². The van der Waals surface area contributed by atoms with Crippen LogP contribution in [0.15, 0.2) is 59.5 Å². The van der Waals surface area contributed by atoms with Gasteiger partial charge in [0.1, 0.15) is 17.9 Å². The number of hydrogen-bond acceptors (Lipinski definition) is 6. The van der Waals surface area contributed by atoms with E-state index in [4.69, 9.17) is 9.47 Å². The molecule has 0 fully saturated rings. The molecule has 0 radical (unpaired) electrons. The lowest BCUT2D eigenvalue weighted by Crippen LogP contribution is -2.35. The first-order valence-corrected chi connectivity index (χ1v) is 12.0. The minimum atomic E-state index is -3.86. The standard InChI is InChI=1S/C24H25N3O6S/c1-24(2,3)33-23(29)26-17-13-16(11-12-19(17)32-4)25-21(28)14-27-18-9-5-7-15-8-6-10-20(22(15)18)34(27,30)31/h5-13H,14H2,1-4H3,(H,25,28)(H,26,29). The molecule has 2 amide bonds. The van der Waals surface area contributed by atoms with Gasteiger partial charge < -0.3 is 14.8 Å². The third-order valence-corrected chi connectivity index (χ3v) is 6.89. The van der Waals surface area contributed by atoms with Gasteiger partial charge in [-0.1, -0.05) is 24.3 Å². The van der Waals surface area contributed by atoms with E-state index in [-0.39, 0.29) is 4.90 Å². The van der Waals surface area contributed by atoms with E-state index in [1.54, 1.807) is 51.1 Å². The molecule has 0 aromatic heterocycles. The summed E-state index contributed by atoms with van der Waals surface area (Å²) in [4.78, 5) is 25.2. The maximum absolute atomic E-state index is 13.1. The van der Waals surface area contributed by atoms with Crippen molar-refractivity contribution < 1.29 is 27.5 Å². The number of ether oxygens (including phenoxy) is 2. The van der Waals surface area contributed by atoms with Crippen LogP contribution < -0.4 is 19.7 Å². The molecular weight excluding hydrogens is 458 g/mol. The van der Waals surface area contributed by atoms with Crippen LogP contribution in [-0.4, -0.2) is 39.7 Å². The number of nitrogens with zero attached hydrogens (tertiary/aromatic N) is 1. The van der Waals surface area contributed by atoms with Gasteiger partial charge in [-0.2, -0.15) is 0 Å². The van der Waals surface area contributed by atoms with Crippen LogP contribution in [0.3, 0.4) is 0 Å². The zero-order chi connectivity index (χ0) is 24.7. The Balaban J connectivity index is 1.54. The Morgan fingerprint density at radius 3 is 2.38 bits per heavy atom. The highest BCUT2D eigenvalue weighted by molar-refractivity contribution is 7.93. The van der Waals surface area contributed by atoms with Crippen molar-refractivity contribution in [2.24, 2.45) is 0 Å². The summed E-state index contributed by atoms with van der Waals surface area (Å²) in [6.45, 7) is 4.82. The van der Waals surface area contributed by atoms with E-state index in [0.717, 1.165) is 9.69 Å². The molecule has 0 atom stereocenters. The minimum Gasteiger partial charge on any atom is -0.495 e. The fourth-order valence-electron chi connectivity index (χ4n) is 3.76. The predicted molar refractivity (Wildman–Crippen MR) is 130 cm³/mol. The molecule has 1 heterocycles. The van der Waals surface area contributed by atoms with Gasteiger partial charge in [0, 0.05) is 11.1 Å². The highest BCUT2D eigenvalue weighted by Gasteiger charge is 2.36. The second-order valence-electron chi connectivity index (χ2n) is 8.73. The molecule has 0 spiro atoms. The number of sulfonamides is 1. The molecule has 0 unspecified atom stereocenters. The number of anilines is 3. The van der Waals surface area contributed by atoms with Crippen molar-refractivity contribution in [2.45, 2.75) is 31.3 Å². The third kappa shape index (κ3) is 4.49. The predicted octanol–water partition coefficient (Wildman–Crippen LogP) is 4.34. The summed E-state index contributed by atoms with van der Waals surface area (Å²) in [6.07, 6.45) is -0.678. The topological polar surface area (TPSA) is 114 Å². The SMILES string of the molecule is COc1ccc(NC(=O)CN2c3cccc4cccc(c34)S2(=O)=O)cc1NC(=O)OC(C)(C)C. The Morgan fingerprint density at radius 1 is 1.00 bits per heavy atom. The molecule has 0 saturated carbocycles. The van der Waals surface area contributed by atoms with Crippen molar-refractivity contribution in [3.8, 4) is 5.75 Å². The highest BCUT2D eigenvalue weighted by atomic mass is 32.2. The molecule has 1 aliphatic heterocycles. The molecule has 3 aromatic rings. The summed E-state index contributed by atoms with van der Waals surface area (Å²) in [6, 6.07) is 15.0. The lowest BCUT2D eigenvalue weighted by atomic mass is 10.1. The Hall–Kier alpha value is -3.79. The first-order valence-electron chi connectivity index (χ1n) is 10.5. The van der Waals surface area contributed by atoms with Crippen molar-refractivity contribution in [1.82, 2.24) is 0 Å². The van der Waals surface area contributed by atoms with Crippen molar-refractivity contribution in [3.63, 3.8) is 0 Å². The molecular formula is C24H25N3O6S. The van der Waals surface area contributed by atoms with Crippen LogP contribution in [-0.2, 0) is 19.6 Å². The van der Waals surface area contributed by atoms with Gasteiger partial charge in [0.05, 0.1) is 23.4 Å². The van der Waals surface area contributed by atoms with E-state index in [0.29, 0.717) is 28.2 Å². The van der Waals surface area contributed by atoms with E-state index < -0.39 is 34.2 Å². The zero-order valence-corrected chi connectivity index (χ0v) is 20.0. The van der Waals surface area contributed by atoms with Crippen LogP contribution in [0.25, 0.3) is 10.8 Å². The summed E-state index contributed by atoms with van der Waals surface area (Å²) in [5, 5.41) is 6.67. The number of carbonyl (C=O) groups excluding carboxylic acids is 2. The van der Waals surface area contributed by atoms with Crippen LogP contribution in [0.5, 0.6) is 5.75 Å². The van der Waals surface area contributed by atoms with Crippen LogP contribution in [0.2, 0.25) is 0 Å². The molecule has 0 bridgehead atoms. The van der Waals surface area contributed by atoms with Gasteiger partial charge in [-0.25, -0.2) is 13.2 Å². The average Bonchev–Trinajstić information content (AvgIpc) is 2.96. The molecule has 0 saturated heterocycles. The number of amides is 2. The zero-order valence-electron chi connectivity index (χ0n) is 19.2. The molecule has 2 N–H and O–H groups in total. The van der Waals surface area contributed by atoms with E-state index in [9.17, 15) is 18.0 Å². The summed E-state index contributed by atoms with van der Waals surface area (Å²) >= 11 is 0. The average molecular weight is 484 g/mol. The number of benzene rings is 3. The lowest BCUT2D eigenvalue weighted by molar-refractivity contribution is -0.114. The Bertz CT molecular complexity index is 1390. The van der Waals surface area contributed by atoms with Crippen molar-refractivity contribution in [2.75, 3.05) is 28.6 Å². The van der Waals surface area contributed by atoms with Crippen molar-refractivity contribution in [3.05, 3.63) is 54.6 Å². The molecule has 0 aliphatic carbocycles. The number of methoxy groups -OCH3 is 1. The Morgan fingerprint density at radius 2 is 1.71 bits per heavy atom. The fraction of sp³-hybridized carbons (Fsp3) is 0.250. The quantitative estimate of drug-likeness (QED) is 0.558. The van der Waals surface area contributed by atoms with Gasteiger partial charge in [-0.05, 0) is 56.5 Å². The summed E-state index contributed by atoms with van der Waals surface area (Å²) in [5.41, 5.74) is 0.417. The monoisotopic (exact) mass is 483 g/mol. The Labute approximate surface area is 197 Å². The van der Waals surface area contributed by atoms with Gasteiger partial charge in [0.2, 0.25) is 5.91 Å². The van der Waals surface area contributed by atoms with Crippen molar-refractivity contribution in [1.29, 1.82) is 0 Å². The van der Waals surface area contributed by atoms with Crippen LogP contribution in [0.4, 0.5) is 21.9 Å². The van der Waals surface area contributed by atoms with Gasteiger partial charge in [-0.15, -0.1) is 0 Å². The Kier molecular flexibility index (Phi) is 5.86. The maximum atomic E-state index is 13.1. The summed E-state index contributed by atoms with van der Waals surface area (Å²) < 4.78 is 37.8. The molecule has 4 rings (SSSR count). The molecule has 10 heteroatoms. The van der Waals surface area contributed by atoms with Gasteiger partial charge >= 0.3 is 6.09 Å². The summed E-state index contributed by atoms with van der Waals surface area (Å²) in [5.74, 6) is -0.171. The molecule has 1 aliphatic rings. The number of hydrogen-bond donors (Lipinski definition) is 2. The maximum Gasteiger partial charge on any atom is 0.412 e. The molecule has 3 aromatic carbocycles. The number of rotatable bonds is 5. The first kappa shape index (κ1) is 23.4. The smallest absolute Gasteiger partial charge is 0.412 e. The first-order chi connectivity index (χ1) is 16.0. The van der Waals surface area contributed by atoms with E-state index in [1.807, 2.05) is 12.1 Å². The van der Waals surface area contributed by atoms with Crippen LogP contribution in [0.1, 0.15) is 20.8 Å². The third-order valence-electron chi connectivity index (χ3n) is 5.09. The van der Waals surface area contributed by atoms with Gasteiger partial charge in [-0.3, -0.25) is 14.4 Å². The summed E-state index contributed by atoms with van der Waals surface area (Å²) in [7, 11) is -2.41. The van der Waals surface area contributed by atoms with Crippen LogP contribution >= 0.6 is 0 Å². The van der Waals surface area contributed by atoms with Crippen LogP contribution in [0, 0.1) is 0 Å². The normalized spacial score (nSPS) is 14.1. The lowest BCUT2D eigenvalue weighted by Gasteiger charge is -2.21. The highest BCUT2D eigenvalue weighted by Crippen LogP contribution is 2.41. The molecule has 9 nitrogen and oxygen atoms in total. The van der Waals surface area contributed by atoms with Crippen molar-refractivity contribution >= 4 is 49.9 Å². The largest absolute Gasteiger partial charge is 0.495 e. The second-order valence-corrected chi connectivity index (χ2v) is 10.6. The van der Waals surface area contributed by atoms with E-state index >= 15 is 0 Å². The minimum absolute atomic E-state index is 0.182. The number of nitrogens with one attached hydrogen (secondary N) is 2.